The fraction of sp³-hybridized carbons (Fsp3) is 0.524. The lowest BCUT2D eigenvalue weighted by molar-refractivity contribution is 0.0660. The highest BCUT2D eigenvalue weighted by molar-refractivity contribution is 5.94. The zero-order chi connectivity index (χ0) is 18.1. The van der Waals surface area contributed by atoms with Gasteiger partial charge < -0.3 is 9.64 Å². The van der Waals surface area contributed by atoms with Gasteiger partial charge in [0.2, 0.25) is 0 Å². The molecule has 2 aliphatic rings. The Morgan fingerprint density at radius 1 is 1.27 bits per heavy atom. The van der Waals surface area contributed by atoms with Gasteiger partial charge in [0, 0.05) is 24.3 Å². The van der Waals surface area contributed by atoms with Crippen molar-refractivity contribution in [1.29, 1.82) is 0 Å². The molecule has 0 radical (unpaired) electrons. The van der Waals surface area contributed by atoms with E-state index >= 15 is 0 Å². The smallest absolute Gasteiger partial charge is 0.254 e. The van der Waals surface area contributed by atoms with Crippen LogP contribution in [0.5, 0.6) is 5.75 Å². The van der Waals surface area contributed by atoms with Gasteiger partial charge in [0.05, 0.1) is 19.3 Å². The quantitative estimate of drug-likeness (QED) is 0.826. The molecule has 4 rings (SSSR count). The van der Waals surface area contributed by atoms with Crippen LogP contribution in [0.15, 0.2) is 24.3 Å². The van der Waals surface area contributed by atoms with Crippen LogP contribution in [0.4, 0.5) is 0 Å². The van der Waals surface area contributed by atoms with Crippen molar-refractivity contribution in [2.24, 2.45) is 7.05 Å². The van der Waals surface area contributed by atoms with Crippen LogP contribution in [0.2, 0.25) is 0 Å². The van der Waals surface area contributed by atoms with Gasteiger partial charge >= 0.3 is 0 Å². The SMILES string of the molecule is COc1cccc(C(=O)N(Cc2nn(C)c3c2CCC3)C2CCCC2)c1. The Kier molecular flexibility index (Phi) is 4.70. The largest absolute Gasteiger partial charge is 0.497 e. The first-order chi connectivity index (χ1) is 12.7. The summed E-state index contributed by atoms with van der Waals surface area (Å²) >= 11 is 0. The van der Waals surface area contributed by atoms with E-state index in [-0.39, 0.29) is 5.91 Å². The Balaban J connectivity index is 1.64. The van der Waals surface area contributed by atoms with Gasteiger partial charge in [-0.05, 0) is 55.9 Å². The number of fused-ring (bicyclic) bond motifs is 1. The number of methoxy groups -OCH3 is 1. The third-order valence-electron chi connectivity index (χ3n) is 5.86. The van der Waals surface area contributed by atoms with E-state index in [9.17, 15) is 4.79 Å². The van der Waals surface area contributed by atoms with Gasteiger partial charge in [-0.1, -0.05) is 18.9 Å². The molecule has 2 aromatic rings. The van der Waals surface area contributed by atoms with Crippen LogP contribution in [0, 0.1) is 0 Å². The van der Waals surface area contributed by atoms with Crippen molar-refractivity contribution in [3.8, 4) is 5.75 Å². The van der Waals surface area contributed by atoms with Gasteiger partial charge in [-0.25, -0.2) is 0 Å². The summed E-state index contributed by atoms with van der Waals surface area (Å²) in [7, 11) is 3.66. The van der Waals surface area contributed by atoms with Crippen molar-refractivity contribution in [3.63, 3.8) is 0 Å². The first-order valence-electron chi connectivity index (χ1n) is 9.66. The Morgan fingerprint density at radius 2 is 2.08 bits per heavy atom. The van der Waals surface area contributed by atoms with Gasteiger partial charge in [-0.3, -0.25) is 9.48 Å². The Bertz CT molecular complexity index is 806. The van der Waals surface area contributed by atoms with Crippen LogP contribution in [0.25, 0.3) is 0 Å². The second kappa shape index (κ2) is 7.14. The van der Waals surface area contributed by atoms with Gasteiger partial charge in [0.1, 0.15) is 5.75 Å². The van der Waals surface area contributed by atoms with E-state index in [1.165, 1.54) is 30.5 Å². The second-order valence-corrected chi connectivity index (χ2v) is 7.45. The molecule has 0 saturated heterocycles. The summed E-state index contributed by atoms with van der Waals surface area (Å²) in [6.07, 6.45) is 7.97. The van der Waals surface area contributed by atoms with E-state index in [0.29, 0.717) is 18.2 Å². The topological polar surface area (TPSA) is 47.4 Å². The number of carbonyl (C=O) groups is 1. The number of hydrogen-bond donors (Lipinski definition) is 0. The minimum Gasteiger partial charge on any atom is -0.497 e. The summed E-state index contributed by atoms with van der Waals surface area (Å²) in [6, 6.07) is 7.80. The maximum atomic E-state index is 13.3. The molecule has 138 valence electrons. The van der Waals surface area contributed by atoms with Crippen molar-refractivity contribution in [2.45, 2.75) is 57.5 Å². The normalized spacial score (nSPS) is 16.7. The molecule has 0 N–H and O–H groups in total. The molecule has 0 spiro atoms. The lowest BCUT2D eigenvalue weighted by Crippen LogP contribution is -2.38. The third kappa shape index (κ3) is 3.11. The number of ether oxygens (including phenoxy) is 1. The molecular formula is C21H27N3O2. The van der Waals surface area contributed by atoms with Gasteiger partial charge in [0.25, 0.3) is 5.91 Å². The fourth-order valence-corrected chi connectivity index (χ4v) is 4.49. The maximum absolute atomic E-state index is 13.3. The molecule has 5 nitrogen and oxygen atoms in total. The van der Waals surface area contributed by atoms with E-state index in [0.717, 1.165) is 37.1 Å². The van der Waals surface area contributed by atoms with Crippen LogP contribution < -0.4 is 4.74 Å². The van der Waals surface area contributed by atoms with Gasteiger partial charge in [-0.15, -0.1) is 0 Å². The maximum Gasteiger partial charge on any atom is 0.254 e. The average Bonchev–Trinajstić information content (AvgIpc) is 3.40. The summed E-state index contributed by atoms with van der Waals surface area (Å²) < 4.78 is 7.32. The fourth-order valence-electron chi connectivity index (χ4n) is 4.49. The molecule has 0 atom stereocenters. The monoisotopic (exact) mass is 353 g/mol. The predicted molar refractivity (Wildman–Crippen MR) is 100 cm³/mol. The average molecular weight is 353 g/mol. The summed E-state index contributed by atoms with van der Waals surface area (Å²) in [5.41, 5.74) is 4.50. The number of amides is 1. The second-order valence-electron chi connectivity index (χ2n) is 7.45. The zero-order valence-corrected chi connectivity index (χ0v) is 15.7. The summed E-state index contributed by atoms with van der Waals surface area (Å²) in [5.74, 6) is 0.814. The minimum absolute atomic E-state index is 0.0909. The molecule has 1 aromatic carbocycles. The van der Waals surface area contributed by atoms with Gasteiger partial charge in [-0.2, -0.15) is 5.10 Å². The van der Waals surface area contributed by atoms with Crippen LogP contribution >= 0.6 is 0 Å². The van der Waals surface area contributed by atoms with E-state index in [1.54, 1.807) is 7.11 Å². The van der Waals surface area contributed by atoms with Crippen LogP contribution in [0.3, 0.4) is 0 Å². The first kappa shape index (κ1) is 17.1. The lowest BCUT2D eigenvalue weighted by Gasteiger charge is -2.29. The lowest BCUT2D eigenvalue weighted by atomic mass is 10.1. The Morgan fingerprint density at radius 3 is 2.85 bits per heavy atom. The summed E-state index contributed by atoms with van der Waals surface area (Å²) in [5, 5.41) is 4.75. The third-order valence-corrected chi connectivity index (χ3v) is 5.86. The van der Waals surface area contributed by atoms with Crippen molar-refractivity contribution in [2.75, 3.05) is 7.11 Å². The summed E-state index contributed by atoms with van der Waals surface area (Å²) in [6.45, 7) is 0.615. The standard InChI is InChI=1S/C21H27N3O2/c1-23-20-12-6-11-18(20)19(22-23)14-24(16-8-3-4-9-16)21(25)15-7-5-10-17(13-15)26-2/h5,7,10,13,16H,3-4,6,8-9,11-12,14H2,1-2H3. The van der Waals surface area contributed by atoms with Crippen molar-refractivity contribution < 1.29 is 9.53 Å². The number of aromatic nitrogens is 2. The van der Waals surface area contributed by atoms with E-state index in [2.05, 4.69) is 4.90 Å². The molecule has 0 bridgehead atoms. The molecule has 1 aromatic heterocycles. The van der Waals surface area contributed by atoms with Crippen molar-refractivity contribution in [1.82, 2.24) is 14.7 Å². The summed E-state index contributed by atoms with van der Waals surface area (Å²) in [4.78, 5) is 15.4. The molecular weight excluding hydrogens is 326 g/mol. The molecule has 2 aliphatic carbocycles. The van der Waals surface area contributed by atoms with Crippen LogP contribution in [-0.2, 0) is 26.4 Å². The number of nitrogens with zero attached hydrogens (tertiary/aromatic N) is 3. The van der Waals surface area contributed by atoms with E-state index < -0.39 is 0 Å². The van der Waals surface area contributed by atoms with E-state index in [4.69, 9.17) is 9.84 Å². The first-order valence-corrected chi connectivity index (χ1v) is 9.66. The predicted octanol–water partition coefficient (Wildman–Crippen LogP) is 3.50. The van der Waals surface area contributed by atoms with Crippen molar-refractivity contribution >= 4 is 5.91 Å². The highest BCUT2D eigenvalue weighted by atomic mass is 16.5. The minimum atomic E-state index is 0.0909. The molecule has 0 aliphatic heterocycles. The molecule has 1 heterocycles. The Labute approximate surface area is 154 Å². The molecule has 1 saturated carbocycles. The highest BCUT2D eigenvalue weighted by Gasteiger charge is 2.30. The molecule has 5 heteroatoms. The number of aryl methyl sites for hydroxylation is 1. The zero-order valence-electron chi connectivity index (χ0n) is 15.7. The molecule has 0 unspecified atom stereocenters. The van der Waals surface area contributed by atoms with Crippen LogP contribution in [0.1, 0.15) is 59.4 Å². The highest BCUT2D eigenvalue weighted by Crippen LogP contribution is 2.30. The number of hydrogen-bond acceptors (Lipinski definition) is 3. The Hall–Kier alpha value is -2.30. The molecule has 1 fully saturated rings. The number of benzene rings is 1. The number of carbonyl (C=O) groups excluding carboxylic acids is 1. The number of rotatable bonds is 5. The van der Waals surface area contributed by atoms with Crippen LogP contribution in [-0.4, -0.2) is 33.7 Å². The van der Waals surface area contributed by atoms with E-state index in [1.807, 2.05) is 36.0 Å². The van der Waals surface area contributed by atoms with Gasteiger partial charge in [0.15, 0.2) is 0 Å². The van der Waals surface area contributed by atoms with Crippen molar-refractivity contribution in [3.05, 3.63) is 46.8 Å². The molecule has 26 heavy (non-hydrogen) atoms. The molecule has 1 amide bonds.